The Morgan fingerprint density at radius 3 is 2.49 bits per heavy atom. The van der Waals surface area contributed by atoms with Gasteiger partial charge in [-0.25, -0.2) is 0 Å². The van der Waals surface area contributed by atoms with Gasteiger partial charge in [0.15, 0.2) is 0 Å². The average molecular weight is 510 g/mol. The zero-order valence-electron chi connectivity index (χ0n) is 19.7. The maximum atomic E-state index is 13.3. The number of amides is 1. The van der Waals surface area contributed by atoms with Crippen LogP contribution >= 0.6 is 24.0 Å². The largest absolute Gasteiger partial charge is 0.395 e. The molecule has 0 bridgehead atoms. The van der Waals surface area contributed by atoms with Crippen LogP contribution < -0.4 is 10.5 Å². The summed E-state index contributed by atoms with van der Waals surface area (Å²) in [7, 11) is 1.66. The molecule has 0 aliphatic carbocycles. The molecule has 8 nitrogen and oxygen atoms in total. The van der Waals surface area contributed by atoms with Gasteiger partial charge in [0.2, 0.25) is 0 Å². The summed E-state index contributed by atoms with van der Waals surface area (Å²) in [4.78, 5) is 32.6. The van der Waals surface area contributed by atoms with Crippen molar-refractivity contribution < 1.29 is 9.90 Å². The fourth-order valence-corrected chi connectivity index (χ4v) is 5.69. The van der Waals surface area contributed by atoms with Crippen LogP contribution in [0.3, 0.4) is 0 Å². The van der Waals surface area contributed by atoms with Crippen LogP contribution in [-0.2, 0) is 18.4 Å². The molecule has 2 saturated heterocycles. The Morgan fingerprint density at radius 1 is 1.17 bits per heavy atom. The number of thioether (sulfide) groups is 1. The number of pyridine rings is 1. The first-order chi connectivity index (χ1) is 16.8. The number of aliphatic hydroxyl groups excluding tert-OH is 1. The molecule has 0 unspecified atom stereocenters. The first kappa shape index (κ1) is 25.1. The first-order valence-electron chi connectivity index (χ1n) is 11.4. The number of rotatable bonds is 6. The molecule has 35 heavy (non-hydrogen) atoms. The zero-order chi connectivity index (χ0) is 25.1. The third-order valence-electron chi connectivity index (χ3n) is 6.39. The Labute approximate surface area is 214 Å². The van der Waals surface area contributed by atoms with E-state index in [-0.39, 0.29) is 23.6 Å². The molecule has 1 N–H and O–H groups in total. The predicted molar refractivity (Wildman–Crippen MR) is 142 cm³/mol. The Bertz CT molecular complexity index is 1270. The molecule has 0 spiro atoms. The number of piperazine rings is 1. The minimum absolute atomic E-state index is 0.0705. The van der Waals surface area contributed by atoms with Crippen LogP contribution in [0.4, 0.5) is 5.82 Å². The molecule has 2 aromatic rings. The van der Waals surface area contributed by atoms with E-state index in [1.54, 1.807) is 24.9 Å². The van der Waals surface area contributed by atoms with Gasteiger partial charge in [0.05, 0.1) is 18.1 Å². The summed E-state index contributed by atoms with van der Waals surface area (Å²) in [6.07, 6.45) is 1.77. The fourth-order valence-electron chi connectivity index (χ4n) is 4.45. The van der Waals surface area contributed by atoms with E-state index in [1.807, 2.05) is 36.4 Å². The van der Waals surface area contributed by atoms with Crippen LogP contribution in [0.15, 0.2) is 40.0 Å². The molecule has 0 atom stereocenters. The molecule has 2 fully saturated rings. The number of aliphatic hydroxyl groups is 1. The topological polar surface area (TPSA) is 92.8 Å². The van der Waals surface area contributed by atoms with Crippen LogP contribution in [0.1, 0.15) is 22.3 Å². The minimum Gasteiger partial charge on any atom is -0.395 e. The van der Waals surface area contributed by atoms with Crippen molar-refractivity contribution in [1.82, 2.24) is 14.4 Å². The van der Waals surface area contributed by atoms with E-state index in [1.165, 1.54) is 16.3 Å². The molecule has 1 aromatic heterocycles. The Kier molecular flexibility index (Phi) is 7.72. The van der Waals surface area contributed by atoms with Gasteiger partial charge in [-0.3, -0.25) is 24.0 Å². The van der Waals surface area contributed by atoms with Crippen molar-refractivity contribution in [3.8, 4) is 6.07 Å². The van der Waals surface area contributed by atoms with Crippen LogP contribution in [0.5, 0.6) is 0 Å². The standard InChI is InChI=1S/C25H27N5O3S2/c1-17-19(14-21-24(33)30(25(34)35-21)16-18-6-4-3-5-7-18)22(27(2)23(32)20(17)15-26)29-10-8-28(9-11-29)12-13-31/h3-7,14,31H,8-13,16H2,1-2H3. The van der Waals surface area contributed by atoms with Crippen molar-refractivity contribution in [2.24, 2.45) is 7.05 Å². The van der Waals surface area contributed by atoms with E-state index in [0.29, 0.717) is 52.3 Å². The van der Waals surface area contributed by atoms with Crippen LogP contribution in [-0.4, -0.2) is 69.0 Å². The number of anilines is 1. The number of carbonyl (C=O) groups is 1. The lowest BCUT2D eigenvalue weighted by molar-refractivity contribution is -0.122. The van der Waals surface area contributed by atoms with Gasteiger partial charge in [-0.15, -0.1) is 0 Å². The SMILES string of the molecule is Cc1c(C=C2SC(=S)N(Cc3ccccc3)C2=O)c(N2CCN(CCO)CC2)n(C)c(=O)c1C#N. The maximum absolute atomic E-state index is 13.3. The number of nitrogens with zero attached hydrogens (tertiary/aromatic N) is 5. The van der Waals surface area contributed by atoms with Crippen molar-refractivity contribution in [2.45, 2.75) is 13.5 Å². The second-order valence-electron chi connectivity index (χ2n) is 8.52. The molecule has 2 aliphatic rings. The lowest BCUT2D eigenvalue weighted by Crippen LogP contribution is -2.49. The zero-order valence-corrected chi connectivity index (χ0v) is 21.4. The Balaban J connectivity index is 1.73. The normalized spacial score (nSPS) is 17.9. The van der Waals surface area contributed by atoms with E-state index < -0.39 is 0 Å². The highest BCUT2D eigenvalue weighted by atomic mass is 32.2. The smallest absolute Gasteiger partial charge is 0.270 e. The molecule has 1 aromatic carbocycles. The van der Waals surface area contributed by atoms with Gasteiger partial charge in [-0.05, 0) is 24.1 Å². The van der Waals surface area contributed by atoms with Gasteiger partial charge >= 0.3 is 0 Å². The third-order valence-corrected chi connectivity index (χ3v) is 7.77. The van der Waals surface area contributed by atoms with E-state index in [4.69, 9.17) is 12.2 Å². The Hall–Kier alpha value is -2.97. The summed E-state index contributed by atoms with van der Waals surface area (Å²) in [5.41, 5.74) is 1.93. The molecule has 0 radical (unpaired) electrons. The summed E-state index contributed by atoms with van der Waals surface area (Å²) in [6.45, 7) is 5.66. The number of aromatic nitrogens is 1. The highest BCUT2D eigenvalue weighted by Gasteiger charge is 2.33. The lowest BCUT2D eigenvalue weighted by Gasteiger charge is -2.37. The molecule has 182 valence electrons. The molecule has 1 amide bonds. The number of thiocarbonyl (C=S) groups is 1. The fraction of sp³-hybridized carbons (Fsp3) is 0.360. The maximum Gasteiger partial charge on any atom is 0.270 e. The molecular weight excluding hydrogens is 482 g/mol. The van der Waals surface area contributed by atoms with Gasteiger partial charge in [-0.2, -0.15) is 5.26 Å². The van der Waals surface area contributed by atoms with Gasteiger partial charge in [0.25, 0.3) is 11.5 Å². The lowest BCUT2D eigenvalue weighted by atomic mass is 10.0. The van der Waals surface area contributed by atoms with Gasteiger partial charge in [-0.1, -0.05) is 54.3 Å². The summed E-state index contributed by atoms with van der Waals surface area (Å²) in [6, 6.07) is 11.7. The summed E-state index contributed by atoms with van der Waals surface area (Å²) in [5.74, 6) is 0.498. The van der Waals surface area contributed by atoms with E-state index in [2.05, 4.69) is 9.80 Å². The number of benzene rings is 1. The van der Waals surface area contributed by atoms with E-state index in [0.717, 1.165) is 18.7 Å². The van der Waals surface area contributed by atoms with Crippen molar-refractivity contribution in [3.63, 3.8) is 0 Å². The molecule has 0 saturated carbocycles. The van der Waals surface area contributed by atoms with Crippen LogP contribution in [0.2, 0.25) is 0 Å². The summed E-state index contributed by atoms with van der Waals surface area (Å²) < 4.78 is 1.98. The highest BCUT2D eigenvalue weighted by Crippen LogP contribution is 2.36. The second-order valence-corrected chi connectivity index (χ2v) is 10.2. The van der Waals surface area contributed by atoms with Gasteiger partial charge < -0.3 is 10.0 Å². The second kappa shape index (κ2) is 10.7. The number of β-amino-alcohol motifs (C(OH)–C–C–N with tert-alkyl or cyclic N) is 1. The number of carbonyl (C=O) groups excluding carboxylic acids is 1. The highest BCUT2D eigenvalue weighted by molar-refractivity contribution is 8.26. The van der Waals surface area contributed by atoms with Crippen molar-refractivity contribution in [2.75, 3.05) is 44.2 Å². The van der Waals surface area contributed by atoms with Crippen molar-refractivity contribution >= 4 is 46.1 Å². The van der Waals surface area contributed by atoms with E-state index >= 15 is 0 Å². The number of hydrogen-bond donors (Lipinski definition) is 1. The third kappa shape index (κ3) is 5.04. The molecule has 3 heterocycles. The molecule has 2 aliphatic heterocycles. The molecular formula is C25H27N5O3S2. The van der Waals surface area contributed by atoms with Crippen molar-refractivity contribution in [1.29, 1.82) is 5.26 Å². The average Bonchev–Trinajstić information content (AvgIpc) is 3.12. The van der Waals surface area contributed by atoms with Gasteiger partial charge in [0.1, 0.15) is 21.8 Å². The minimum atomic E-state index is -0.355. The first-order valence-corrected chi connectivity index (χ1v) is 12.6. The van der Waals surface area contributed by atoms with Crippen molar-refractivity contribution in [3.05, 3.63) is 67.8 Å². The van der Waals surface area contributed by atoms with Crippen LogP contribution in [0, 0.1) is 18.3 Å². The predicted octanol–water partition coefficient (Wildman–Crippen LogP) is 2.08. The molecule has 4 rings (SSSR count). The summed E-state index contributed by atoms with van der Waals surface area (Å²) in [5, 5.41) is 18.9. The monoisotopic (exact) mass is 509 g/mol. The molecule has 10 heteroatoms. The van der Waals surface area contributed by atoms with Crippen LogP contribution in [0.25, 0.3) is 6.08 Å². The quantitative estimate of drug-likeness (QED) is 0.468. The number of nitriles is 1. The van der Waals surface area contributed by atoms with E-state index in [9.17, 15) is 20.0 Å². The Morgan fingerprint density at radius 2 is 1.86 bits per heavy atom. The number of hydrogen-bond acceptors (Lipinski definition) is 8. The van der Waals surface area contributed by atoms with Gasteiger partial charge in [0, 0.05) is 45.3 Å². The summed E-state index contributed by atoms with van der Waals surface area (Å²) >= 11 is 6.75.